The highest BCUT2D eigenvalue weighted by atomic mass is 19.1. The second-order valence-electron chi connectivity index (χ2n) is 8.66. The number of likely N-dealkylation sites (tertiary alicyclic amines) is 1. The summed E-state index contributed by atoms with van der Waals surface area (Å²) in [5.74, 6) is -2.91. The average molecular weight is 403 g/mol. The molecular formula is C21H26FN3O4. The van der Waals surface area contributed by atoms with E-state index >= 15 is 4.39 Å². The summed E-state index contributed by atoms with van der Waals surface area (Å²) in [5, 5.41) is 13.0. The molecule has 8 heteroatoms. The van der Waals surface area contributed by atoms with Crippen LogP contribution in [0.5, 0.6) is 0 Å². The minimum atomic E-state index is -1.28. The van der Waals surface area contributed by atoms with E-state index in [4.69, 9.17) is 4.74 Å². The molecule has 0 aromatic heterocycles. The number of aliphatic carboxylic acids is 1. The number of carboxylic acids is 1. The number of Topliss-reactive ketones (excluding diaryl/α,β-unsaturated/α-hetero) is 1. The molecule has 29 heavy (non-hydrogen) atoms. The van der Waals surface area contributed by atoms with Crippen LogP contribution in [0.25, 0.3) is 0 Å². The van der Waals surface area contributed by atoms with Gasteiger partial charge in [-0.25, -0.2) is 9.18 Å². The number of nitrogens with zero attached hydrogens (tertiary/aromatic N) is 2. The number of carbonyl (C=O) groups excluding carboxylic acids is 1. The van der Waals surface area contributed by atoms with E-state index < -0.39 is 29.5 Å². The molecule has 0 bridgehead atoms. The first-order chi connectivity index (χ1) is 14.0. The highest BCUT2D eigenvalue weighted by Gasteiger charge is 2.50. The van der Waals surface area contributed by atoms with Crippen LogP contribution in [0.4, 0.5) is 4.39 Å². The number of fused-ring (bicyclic) bond motifs is 2. The molecule has 0 aromatic carbocycles. The van der Waals surface area contributed by atoms with E-state index in [1.165, 1.54) is 13.3 Å². The van der Waals surface area contributed by atoms with Crippen molar-refractivity contribution in [1.82, 2.24) is 15.1 Å². The van der Waals surface area contributed by atoms with Crippen molar-refractivity contribution in [2.24, 2.45) is 11.8 Å². The number of methoxy groups -OCH3 is 1. The highest BCUT2D eigenvalue weighted by Crippen LogP contribution is 2.44. The van der Waals surface area contributed by atoms with Crippen LogP contribution in [0.1, 0.15) is 25.7 Å². The molecule has 3 aliphatic heterocycles. The fourth-order valence-corrected chi connectivity index (χ4v) is 5.33. The predicted molar refractivity (Wildman–Crippen MR) is 102 cm³/mol. The monoisotopic (exact) mass is 403 g/mol. The molecule has 5 aliphatic rings. The summed E-state index contributed by atoms with van der Waals surface area (Å²) in [6, 6.07) is 0.120. The van der Waals surface area contributed by atoms with E-state index in [1.54, 1.807) is 0 Å². The lowest BCUT2D eigenvalue weighted by Gasteiger charge is -2.42. The zero-order valence-corrected chi connectivity index (χ0v) is 16.4. The van der Waals surface area contributed by atoms with Gasteiger partial charge < -0.3 is 25.0 Å². The fourth-order valence-electron chi connectivity index (χ4n) is 5.33. The Bertz CT molecular complexity index is 833. The van der Waals surface area contributed by atoms with Crippen molar-refractivity contribution in [2.45, 2.75) is 43.8 Å². The fraction of sp³-hybridized carbons (Fsp3) is 0.619. The van der Waals surface area contributed by atoms with Gasteiger partial charge in [-0.15, -0.1) is 0 Å². The number of halogens is 1. The Labute approximate surface area is 168 Å². The number of allylic oxidation sites excluding steroid dienone is 1. The van der Waals surface area contributed by atoms with Crippen LogP contribution in [0.3, 0.4) is 0 Å². The zero-order chi connectivity index (χ0) is 20.3. The van der Waals surface area contributed by atoms with Gasteiger partial charge in [0.25, 0.3) is 0 Å². The van der Waals surface area contributed by atoms with Gasteiger partial charge in [0.1, 0.15) is 17.3 Å². The largest absolute Gasteiger partial charge is 0.497 e. The van der Waals surface area contributed by atoms with Gasteiger partial charge in [-0.05, 0) is 44.2 Å². The Morgan fingerprint density at radius 3 is 2.76 bits per heavy atom. The molecule has 5 rings (SSSR count). The molecule has 2 N–H and O–H groups in total. The third kappa shape index (κ3) is 2.96. The normalized spacial score (nSPS) is 34.5. The zero-order valence-electron chi connectivity index (χ0n) is 16.4. The number of carboxylic acid groups (broad SMARTS) is 1. The second-order valence-corrected chi connectivity index (χ2v) is 8.66. The van der Waals surface area contributed by atoms with Crippen LogP contribution in [0.2, 0.25) is 0 Å². The van der Waals surface area contributed by atoms with Crippen LogP contribution in [-0.2, 0) is 14.3 Å². The molecule has 2 saturated heterocycles. The van der Waals surface area contributed by atoms with Crippen molar-refractivity contribution in [3.05, 3.63) is 35.1 Å². The standard InChI is InChI=1S/C21H26FN3O4/c1-29-20-17-15(25(12-4-5-12)9-13(19(17)26)21(27)28)7-16(18(20)22)24-8-11-3-2-6-23-14(11)10-24/h7,9,11-12,14-15,17,23H,2-6,8,10H2,1H3,(H,27,28). The Morgan fingerprint density at radius 2 is 2.10 bits per heavy atom. The Morgan fingerprint density at radius 1 is 1.31 bits per heavy atom. The number of piperidine rings is 1. The van der Waals surface area contributed by atoms with Gasteiger partial charge in [0.05, 0.1) is 18.8 Å². The first kappa shape index (κ1) is 18.7. The third-order valence-electron chi connectivity index (χ3n) is 6.92. The lowest BCUT2D eigenvalue weighted by atomic mass is 9.81. The molecule has 3 heterocycles. The van der Waals surface area contributed by atoms with Crippen molar-refractivity contribution in [3.63, 3.8) is 0 Å². The van der Waals surface area contributed by atoms with Crippen molar-refractivity contribution < 1.29 is 23.8 Å². The molecule has 4 unspecified atom stereocenters. The molecule has 0 radical (unpaired) electrons. The topological polar surface area (TPSA) is 82.1 Å². The van der Waals surface area contributed by atoms with Gasteiger partial charge in [0.15, 0.2) is 11.6 Å². The first-order valence-corrected chi connectivity index (χ1v) is 10.4. The van der Waals surface area contributed by atoms with Gasteiger partial charge in [0, 0.05) is 31.4 Å². The van der Waals surface area contributed by atoms with Crippen molar-refractivity contribution in [3.8, 4) is 0 Å². The lowest BCUT2D eigenvalue weighted by molar-refractivity contribution is -0.136. The van der Waals surface area contributed by atoms with Crippen molar-refractivity contribution >= 4 is 11.8 Å². The first-order valence-electron chi connectivity index (χ1n) is 10.4. The molecule has 1 saturated carbocycles. The average Bonchev–Trinajstić information content (AvgIpc) is 3.45. The third-order valence-corrected chi connectivity index (χ3v) is 6.92. The minimum absolute atomic E-state index is 0.0437. The number of ketones is 1. The molecule has 0 amide bonds. The summed E-state index contributed by atoms with van der Waals surface area (Å²) in [7, 11) is 1.35. The lowest BCUT2D eigenvalue weighted by Crippen LogP contribution is -2.50. The van der Waals surface area contributed by atoms with Gasteiger partial charge >= 0.3 is 5.97 Å². The van der Waals surface area contributed by atoms with Gasteiger partial charge in [-0.2, -0.15) is 0 Å². The van der Waals surface area contributed by atoms with Crippen LogP contribution in [0.15, 0.2) is 35.1 Å². The van der Waals surface area contributed by atoms with Crippen molar-refractivity contribution in [2.75, 3.05) is 26.7 Å². The summed E-state index contributed by atoms with van der Waals surface area (Å²) in [5.41, 5.74) is 0.179. The molecule has 0 spiro atoms. The SMILES string of the molecule is COC1=C(F)C(N2CC3CCCNC3C2)=CC2C1C(=O)C(C(=O)O)=CN2C1CC1. The van der Waals surface area contributed by atoms with Gasteiger partial charge in [-0.3, -0.25) is 4.79 Å². The maximum Gasteiger partial charge on any atom is 0.340 e. The number of rotatable bonds is 4. The summed E-state index contributed by atoms with van der Waals surface area (Å²) >= 11 is 0. The molecular weight excluding hydrogens is 377 g/mol. The molecule has 2 aliphatic carbocycles. The molecule has 3 fully saturated rings. The summed E-state index contributed by atoms with van der Waals surface area (Å²) in [6.45, 7) is 2.50. The maximum atomic E-state index is 15.5. The van der Waals surface area contributed by atoms with E-state index in [0.29, 0.717) is 17.7 Å². The Hall–Kier alpha value is -2.35. The van der Waals surface area contributed by atoms with Crippen LogP contribution >= 0.6 is 0 Å². The highest BCUT2D eigenvalue weighted by molar-refractivity contribution is 6.19. The summed E-state index contributed by atoms with van der Waals surface area (Å²) in [4.78, 5) is 28.5. The number of nitrogens with one attached hydrogen (secondary N) is 1. The molecule has 4 atom stereocenters. The van der Waals surface area contributed by atoms with Crippen LogP contribution in [-0.4, -0.2) is 71.5 Å². The molecule has 156 valence electrons. The van der Waals surface area contributed by atoms with Crippen LogP contribution in [0, 0.1) is 11.8 Å². The van der Waals surface area contributed by atoms with E-state index in [-0.39, 0.29) is 17.4 Å². The Balaban J connectivity index is 1.54. The predicted octanol–water partition coefficient (Wildman–Crippen LogP) is 1.40. The van der Waals surface area contributed by atoms with E-state index in [1.807, 2.05) is 11.0 Å². The molecule has 7 nitrogen and oxygen atoms in total. The second kappa shape index (κ2) is 6.86. The summed E-state index contributed by atoms with van der Waals surface area (Å²) < 4.78 is 20.9. The van der Waals surface area contributed by atoms with Crippen LogP contribution < -0.4 is 5.32 Å². The summed E-state index contributed by atoms with van der Waals surface area (Å²) in [6.07, 6.45) is 7.43. The minimum Gasteiger partial charge on any atom is -0.497 e. The number of hydrogen-bond acceptors (Lipinski definition) is 6. The number of carbonyl (C=O) groups is 2. The van der Waals surface area contributed by atoms with Crippen molar-refractivity contribution in [1.29, 1.82) is 0 Å². The maximum absolute atomic E-state index is 15.5. The Kier molecular flexibility index (Phi) is 4.42. The smallest absolute Gasteiger partial charge is 0.340 e. The number of ether oxygens (including phenoxy) is 1. The molecule has 0 aromatic rings. The van der Waals surface area contributed by atoms with E-state index in [0.717, 1.165) is 45.3 Å². The van der Waals surface area contributed by atoms with E-state index in [2.05, 4.69) is 10.2 Å². The quantitative estimate of drug-likeness (QED) is 0.687. The van der Waals surface area contributed by atoms with E-state index in [9.17, 15) is 14.7 Å². The van der Waals surface area contributed by atoms with Gasteiger partial charge in [-0.1, -0.05) is 0 Å². The number of hydrogen-bond donors (Lipinski definition) is 2. The van der Waals surface area contributed by atoms with Gasteiger partial charge in [0.2, 0.25) is 0 Å².